The number of piperazine rings is 1. The molecule has 0 unspecified atom stereocenters. The van der Waals surface area contributed by atoms with Crippen LogP contribution in [0.5, 0.6) is 0 Å². The molecule has 1 N–H and O–H groups in total. The first-order valence-corrected chi connectivity index (χ1v) is 6.76. The molecule has 0 saturated carbocycles. The maximum absolute atomic E-state index is 5.49. The van der Waals surface area contributed by atoms with Crippen molar-refractivity contribution in [1.82, 2.24) is 15.3 Å². The minimum Gasteiger partial charge on any atom is -0.390 e. The zero-order valence-electron chi connectivity index (χ0n) is 11.2. The lowest BCUT2D eigenvalue weighted by Gasteiger charge is -2.31. The van der Waals surface area contributed by atoms with Gasteiger partial charge in [0.05, 0.1) is 6.54 Å². The van der Waals surface area contributed by atoms with Gasteiger partial charge in [0, 0.05) is 26.2 Å². The van der Waals surface area contributed by atoms with Gasteiger partial charge in [-0.3, -0.25) is 4.90 Å². The summed E-state index contributed by atoms with van der Waals surface area (Å²) in [5.41, 5.74) is 4.12. The van der Waals surface area contributed by atoms with Crippen LogP contribution in [0.3, 0.4) is 0 Å². The molecule has 0 aliphatic carbocycles. The van der Waals surface area contributed by atoms with E-state index in [9.17, 15) is 0 Å². The summed E-state index contributed by atoms with van der Waals surface area (Å²) in [6.07, 6.45) is -0.0661. The molecule has 19 heavy (non-hydrogen) atoms. The number of benzene rings is 1. The minimum atomic E-state index is -0.0661. The van der Waals surface area contributed by atoms with Gasteiger partial charge in [0.1, 0.15) is 0 Å². The lowest BCUT2D eigenvalue weighted by Crippen LogP contribution is -2.46. The van der Waals surface area contributed by atoms with Gasteiger partial charge in [-0.2, -0.15) is 0 Å². The van der Waals surface area contributed by atoms with Crippen LogP contribution in [0.2, 0.25) is 0 Å². The number of likely N-dealkylation sites (N-methyl/N-ethyl adjacent to an activating group) is 1. The van der Waals surface area contributed by atoms with Crippen molar-refractivity contribution in [1.29, 1.82) is 0 Å². The van der Waals surface area contributed by atoms with Crippen molar-refractivity contribution in [3.8, 4) is 0 Å². The van der Waals surface area contributed by atoms with Crippen molar-refractivity contribution < 1.29 is 4.84 Å². The Kier molecular flexibility index (Phi) is 3.77. The highest BCUT2D eigenvalue weighted by Gasteiger charge is 2.23. The van der Waals surface area contributed by atoms with E-state index < -0.39 is 0 Å². The van der Waals surface area contributed by atoms with Gasteiger partial charge in [-0.15, -0.1) is 5.48 Å². The van der Waals surface area contributed by atoms with Gasteiger partial charge in [0.25, 0.3) is 0 Å². The van der Waals surface area contributed by atoms with Gasteiger partial charge in [-0.1, -0.05) is 30.3 Å². The molecule has 0 radical (unpaired) electrons. The van der Waals surface area contributed by atoms with Gasteiger partial charge < -0.3 is 9.74 Å². The molecule has 0 bridgehead atoms. The molecule has 0 amide bonds. The first-order valence-electron chi connectivity index (χ1n) is 6.76. The van der Waals surface area contributed by atoms with Gasteiger partial charge in [-0.05, 0) is 12.6 Å². The molecular formula is C14H20N4O. The Labute approximate surface area is 113 Å². The predicted octanol–water partition coefficient (Wildman–Crippen LogP) is 0.866. The number of hydroxylamine groups is 1. The first kappa shape index (κ1) is 12.6. The summed E-state index contributed by atoms with van der Waals surface area (Å²) >= 11 is 0. The van der Waals surface area contributed by atoms with E-state index in [-0.39, 0.29) is 6.17 Å². The molecule has 3 rings (SSSR count). The molecule has 2 heterocycles. The third-order valence-corrected chi connectivity index (χ3v) is 3.63. The number of aliphatic imine (C=N–C) groups is 1. The third kappa shape index (κ3) is 3.12. The zero-order valence-corrected chi connectivity index (χ0v) is 11.2. The molecule has 1 saturated heterocycles. The van der Waals surface area contributed by atoms with Crippen LogP contribution in [0.15, 0.2) is 35.3 Å². The van der Waals surface area contributed by atoms with Crippen molar-refractivity contribution in [2.24, 2.45) is 4.99 Å². The van der Waals surface area contributed by atoms with Gasteiger partial charge in [0.2, 0.25) is 5.90 Å². The van der Waals surface area contributed by atoms with Crippen molar-refractivity contribution in [2.75, 3.05) is 39.8 Å². The molecule has 5 heteroatoms. The molecule has 1 fully saturated rings. The van der Waals surface area contributed by atoms with E-state index in [0.717, 1.165) is 44.2 Å². The fourth-order valence-electron chi connectivity index (χ4n) is 2.37. The van der Waals surface area contributed by atoms with Crippen molar-refractivity contribution in [3.63, 3.8) is 0 Å². The number of nitrogens with zero attached hydrogens (tertiary/aromatic N) is 3. The summed E-state index contributed by atoms with van der Waals surface area (Å²) in [6.45, 7) is 5.18. The molecule has 2 aliphatic rings. The van der Waals surface area contributed by atoms with Crippen molar-refractivity contribution >= 4 is 5.90 Å². The first-order chi connectivity index (χ1) is 9.31. The van der Waals surface area contributed by atoms with Crippen LogP contribution in [-0.2, 0) is 4.84 Å². The molecule has 1 aromatic rings. The topological polar surface area (TPSA) is 40.1 Å². The largest absolute Gasteiger partial charge is 0.390 e. The van der Waals surface area contributed by atoms with Crippen molar-refractivity contribution in [2.45, 2.75) is 6.17 Å². The summed E-state index contributed by atoms with van der Waals surface area (Å²) < 4.78 is 0. The maximum Gasteiger partial charge on any atom is 0.225 e. The Balaban J connectivity index is 1.58. The summed E-state index contributed by atoms with van der Waals surface area (Å²) in [6, 6.07) is 10.2. The SMILES string of the molecule is CN1CCN(CC2=N[C@H](c3ccccc3)NO2)CC1. The fraction of sp³-hybridized carbons (Fsp3) is 0.500. The Bertz CT molecular complexity index is 440. The monoisotopic (exact) mass is 260 g/mol. The normalized spacial score (nSPS) is 25.1. The number of hydrogen-bond acceptors (Lipinski definition) is 5. The van der Waals surface area contributed by atoms with E-state index in [1.165, 1.54) is 0 Å². The molecule has 102 valence electrons. The van der Waals surface area contributed by atoms with E-state index in [1.54, 1.807) is 0 Å². The quantitative estimate of drug-likeness (QED) is 0.875. The van der Waals surface area contributed by atoms with Crippen LogP contribution in [0.25, 0.3) is 0 Å². The zero-order chi connectivity index (χ0) is 13.1. The summed E-state index contributed by atoms with van der Waals surface area (Å²) in [4.78, 5) is 14.8. The van der Waals surface area contributed by atoms with E-state index in [0.29, 0.717) is 0 Å². The molecule has 1 aromatic carbocycles. The molecule has 0 spiro atoms. The van der Waals surface area contributed by atoms with E-state index in [2.05, 4.69) is 39.5 Å². The Hall–Kier alpha value is -1.43. The Morgan fingerprint density at radius 1 is 1.21 bits per heavy atom. The van der Waals surface area contributed by atoms with Crippen LogP contribution < -0.4 is 5.48 Å². The molecule has 5 nitrogen and oxygen atoms in total. The van der Waals surface area contributed by atoms with Crippen LogP contribution in [0.4, 0.5) is 0 Å². The van der Waals surface area contributed by atoms with Crippen molar-refractivity contribution in [3.05, 3.63) is 35.9 Å². The van der Waals surface area contributed by atoms with Crippen LogP contribution in [0, 0.1) is 0 Å². The minimum absolute atomic E-state index is 0.0661. The Morgan fingerprint density at radius 2 is 1.95 bits per heavy atom. The number of nitrogens with one attached hydrogen (secondary N) is 1. The second-order valence-electron chi connectivity index (χ2n) is 5.14. The van der Waals surface area contributed by atoms with Crippen LogP contribution in [0.1, 0.15) is 11.7 Å². The highest BCUT2D eigenvalue weighted by Crippen LogP contribution is 2.18. The average Bonchev–Trinajstić information content (AvgIpc) is 2.91. The number of hydrogen-bond donors (Lipinski definition) is 1. The standard InChI is InChI=1S/C14H20N4O/c1-17-7-9-18(10-8-17)11-13-15-14(16-19-13)12-5-3-2-4-6-12/h2-6,14,16H,7-11H2,1H3/t14-/m0/s1. The van der Waals surface area contributed by atoms with E-state index in [1.807, 2.05) is 18.2 Å². The number of rotatable bonds is 3. The van der Waals surface area contributed by atoms with Gasteiger partial charge in [-0.25, -0.2) is 4.99 Å². The molecule has 0 aromatic heterocycles. The van der Waals surface area contributed by atoms with Gasteiger partial charge >= 0.3 is 0 Å². The predicted molar refractivity (Wildman–Crippen MR) is 74.8 cm³/mol. The fourth-order valence-corrected chi connectivity index (χ4v) is 2.37. The Morgan fingerprint density at radius 3 is 2.68 bits per heavy atom. The van der Waals surface area contributed by atoms with E-state index in [4.69, 9.17) is 4.84 Å². The lowest BCUT2D eigenvalue weighted by atomic mass is 10.2. The second-order valence-corrected chi connectivity index (χ2v) is 5.14. The maximum atomic E-state index is 5.49. The lowest BCUT2D eigenvalue weighted by molar-refractivity contribution is 0.142. The van der Waals surface area contributed by atoms with E-state index >= 15 is 0 Å². The molecule has 2 aliphatic heterocycles. The smallest absolute Gasteiger partial charge is 0.225 e. The second kappa shape index (κ2) is 5.69. The summed E-state index contributed by atoms with van der Waals surface area (Å²) in [5, 5.41) is 0. The average molecular weight is 260 g/mol. The third-order valence-electron chi connectivity index (χ3n) is 3.63. The van der Waals surface area contributed by atoms with Crippen LogP contribution in [-0.4, -0.2) is 55.5 Å². The summed E-state index contributed by atoms with van der Waals surface area (Å²) in [5.74, 6) is 0.790. The van der Waals surface area contributed by atoms with Crippen LogP contribution >= 0.6 is 0 Å². The van der Waals surface area contributed by atoms with Gasteiger partial charge in [0.15, 0.2) is 6.17 Å². The molecule has 1 atom stereocenters. The molecular weight excluding hydrogens is 240 g/mol. The highest BCUT2D eigenvalue weighted by molar-refractivity contribution is 5.79. The summed E-state index contributed by atoms with van der Waals surface area (Å²) in [7, 11) is 2.16. The highest BCUT2D eigenvalue weighted by atomic mass is 16.7.